The predicted molar refractivity (Wildman–Crippen MR) is 85.1 cm³/mol. The molecule has 0 radical (unpaired) electrons. The van der Waals surface area contributed by atoms with Crippen LogP contribution in [0.4, 0.5) is 4.79 Å². The summed E-state index contributed by atoms with van der Waals surface area (Å²) in [4.78, 5) is 22.0. The molecule has 2 aromatic carbocycles. The first kappa shape index (κ1) is 12.8. The summed E-state index contributed by atoms with van der Waals surface area (Å²) in [5, 5.41) is 0. The molecule has 0 atom stereocenters. The number of carbonyl (C=O) groups excluding carboxylic acids is 1. The zero-order valence-corrected chi connectivity index (χ0v) is 12.3. The highest BCUT2D eigenvalue weighted by Crippen LogP contribution is 2.20. The van der Waals surface area contributed by atoms with Crippen LogP contribution in [0.15, 0.2) is 48.5 Å². The third kappa shape index (κ3) is 1.69. The molecule has 0 bridgehead atoms. The van der Waals surface area contributed by atoms with Crippen molar-refractivity contribution in [1.29, 1.82) is 0 Å². The molecule has 108 valence electrons. The van der Waals surface area contributed by atoms with Crippen LogP contribution in [0.5, 0.6) is 0 Å². The zero-order chi connectivity index (χ0) is 15.3. The molecule has 2 aromatic heterocycles. The van der Waals surface area contributed by atoms with Crippen LogP contribution in [0.1, 0.15) is 11.6 Å². The Morgan fingerprint density at radius 3 is 1.64 bits per heavy atom. The molecule has 0 saturated carbocycles. The van der Waals surface area contributed by atoms with Gasteiger partial charge in [0.25, 0.3) is 0 Å². The van der Waals surface area contributed by atoms with Crippen LogP contribution < -0.4 is 0 Å². The maximum atomic E-state index is 13.1. The predicted octanol–water partition coefficient (Wildman–Crippen LogP) is 3.52. The summed E-state index contributed by atoms with van der Waals surface area (Å²) in [6.07, 6.45) is 0. The first-order valence-corrected chi connectivity index (χ1v) is 7.09. The summed E-state index contributed by atoms with van der Waals surface area (Å²) >= 11 is 0. The lowest BCUT2D eigenvalue weighted by atomic mass is 10.3. The Labute approximate surface area is 126 Å². The number of aryl methyl sites for hydroxylation is 2. The van der Waals surface area contributed by atoms with Gasteiger partial charge in [0.05, 0.1) is 22.1 Å². The average Bonchev–Trinajstić information content (AvgIpc) is 3.01. The molecule has 22 heavy (non-hydrogen) atoms. The van der Waals surface area contributed by atoms with E-state index in [-0.39, 0.29) is 6.03 Å². The largest absolute Gasteiger partial charge is 0.340 e. The van der Waals surface area contributed by atoms with Gasteiger partial charge in [-0.1, -0.05) is 24.3 Å². The third-order valence-electron chi connectivity index (χ3n) is 3.84. The lowest BCUT2D eigenvalue weighted by molar-refractivity contribution is 0.244. The fourth-order valence-electron chi connectivity index (χ4n) is 2.88. The van der Waals surface area contributed by atoms with Crippen molar-refractivity contribution in [2.45, 2.75) is 13.8 Å². The number of fused-ring (bicyclic) bond motifs is 2. The summed E-state index contributed by atoms with van der Waals surface area (Å²) in [6, 6.07) is 15.1. The second kappa shape index (κ2) is 4.53. The van der Waals surface area contributed by atoms with Gasteiger partial charge in [-0.3, -0.25) is 0 Å². The van der Waals surface area contributed by atoms with Gasteiger partial charge in [0.15, 0.2) is 0 Å². The first-order valence-electron chi connectivity index (χ1n) is 7.09. The van der Waals surface area contributed by atoms with E-state index in [1.807, 2.05) is 62.4 Å². The number of rotatable bonds is 0. The van der Waals surface area contributed by atoms with Crippen molar-refractivity contribution in [3.05, 3.63) is 60.2 Å². The quantitative estimate of drug-likeness (QED) is 0.498. The monoisotopic (exact) mass is 290 g/mol. The second-order valence-corrected chi connectivity index (χ2v) is 5.25. The Morgan fingerprint density at radius 2 is 1.18 bits per heavy atom. The highest BCUT2D eigenvalue weighted by Gasteiger charge is 2.19. The van der Waals surface area contributed by atoms with E-state index >= 15 is 0 Å². The fourth-order valence-corrected chi connectivity index (χ4v) is 2.88. The molecule has 0 saturated heterocycles. The normalized spacial score (nSPS) is 11.4. The molecule has 0 spiro atoms. The van der Waals surface area contributed by atoms with Crippen molar-refractivity contribution < 1.29 is 4.79 Å². The van der Waals surface area contributed by atoms with Crippen LogP contribution in [0.3, 0.4) is 0 Å². The summed E-state index contributed by atoms with van der Waals surface area (Å²) in [5.41, 5.74) is 3.25. The molecule has 0 unspecified atom stereocenters. The van der Waals surface area contributed by atoms with E-state index in [1.54, 1.807) is 9.13 Å². The molecule has 0 aliphatic rings. The molecular formula is C17H14N4O. The van der Waals surface area contributed by atoms with E-state index in [4.69, 9.17) is 0 Å². The Morgan fingerprint density at radius 1 is 0.773 bits per heavy atom. The number of aromatic nitrogens is 4. The van der Waals surface area contributed by atoms with Gasteiger partial charge in [-0.2, -0.15) is 0 Å². The van der Waals surface area contributed by atoms with Gasteiger partial charge in [0.2, 0.25) is 0 Å². The maximum absolute atomic E-state index is 13.1. The molecule has 2 heterocycles. The van der Waals surface area contributed by atoms with Gasteiger partial charge in [-0.15, -0.1) is 0 Å². The molecule has 4 rings (SSSR count). The SMILES string of the molecule is Cc1nc2ccccc2n1C(=O)n1c(C)nc2ccccc21. The first-order chi connectivity index (χ1) is 10.7. The van der Waals surface area contributed by atoms with Crippen molar-refractivity contribution in [3.63, 3.8) is 0 Å². The van der Waals surface area contributed by atoms with Crippen LogP contribution in [0.25, 0.3) is 22.1 Å². The molecule has 0 N–H and O–H groups in total. The van der Waals surface area contributed by atoms with Crippen LogP contribution in [0.2, 0.25) is 0 Å². The number of nitrogens with zero attached hydrogens (tertiary/aromatic N) is 4. The van der Waals surface area contributed by atoms with Gasteiger partial charge in [0.1, 0.15) is 11.6 Å². The van der Waals surface area contributed by atoms with E-state index < -0.39 is 0 Å². The second-order valence-electron chi connectivity index (χ2n) is 5.25. The standard InChI is InChI=1S/C17H14N4O/c1-11-18-13-7-3-5-9-15(13)20(11)17(22)21-12(2)19-14-8-4-6-10-16(14)21/h3-10H,1-2H3. The van der Waals surface area contributed by atoms with Gasteiger partial charge < -0.3 is 0 Å². The third-order valence-corrected chi connectivity index (χ3v) is 3.84. The molecule has 5 heteroatoms. The summed E-state index contributed by atoms with van der Waals surface area (Å²) in [6.45, 7) is 3.68. The molecule has 4 aromatic rings. The van der Waals surface area contributed by atoms with E-state index in [0.717, 1.165) is 22.1 Å². The molecule has 5 nitrogen and oxygen atoms in total. The molecule has 0 aliphatic carbocycles. The lowest BCUT2D eigenvalue weighted by Gasteiger charge is -2.08. The van der Waals surface area contributed by atoms with E-state index in [0.29, 0.717) is 11.6 Å². The number of imidazole rings is 2. The highest BCUT2D eigenvalue weighted by atomic mass is 16.2. The minimum Gasteiger partial charge on any atom is -0.247 e. The van der Waals surface area contributed by atoms with Crippen molar-refractivity contribution in [2.24, 2.45) is 0 Å². The maximum Gasteiger partial charge on any atom is 0.340 e. The molecular weight excluding hydrogens is 276 g/mol. The number of benzene rings is 2. The average molecular weight is 290 g/mol. The highest BCUT2D eigenvalue weighted by molar-refractivity contribution is 5.96. The van der Waals surface area contributed by atoms with E-state index in [1.165, 1.54) is 0 Å². The summed E-state index contributed by atoms with van der Waals surface area (Å²) < 4.78 is 3.27. The summed E-state index contributed by atoms with van der Waals surface area (Å²) in [7, 11) is 0. The van der Waals surface area contributed by atoms with Crippen LogP contribution >= 0.6 is 0 Å². The van der Waals surface area contributed by atoms with Gasteiger partial charge >= 0.3 is 6.03 Å². The van der Waals surface area contributed by atoms with Gasteiger partial charge in [0, 0.05) is 0 Å². The van der Waals surface area contributed by atoms with Gasteiger partial charge in [-0.05, 0) is 38.1 Å². The Kier molecular flexibility index (Phi) is 2.63. The fraction of sp³-hybridized carbons (Fsp3) is 0.118. The number of carbonyl (C=O) groups is 1. The van der Waals surface area contributed by atoms with Crippen LogP contribution in [-0.2, 0) is 0 Å². The smallest absolute Gasteiger partial charge is 0.247 e. The molecule has 0 aliphatic heterocycles. The van der Waals surface area contributed by atoms with E-state index in [9.17, 15) is 4.79 Å². The van der Waals surface area contributed by atoms with Crippen molar-refractivity contribution in [2.75, 3.05) is 0 Å². The summed E-state index contributed by atoms with van der Waals surface area (Å²) in [5.74, 6) is 1.34. The van der Waals surface area contributed by atoms with Crippen LogP contribution in [0, 0.1) is 13.8 Å². The number of para-hydroxylation sites is 4. The zero-order valence-electron chi connectivity index (χ0n) is 12.3. The Balaban J connectivity index is 2.00. The topological polar surface area (TPSA) is 52.7 Å². The molecule has 0 fully saturated rings. The Hall–Kier alpha value is -2.95. The number of hydrogen-bond donors (Lipinski definition) is 0. The van der Waals surface area contributed by atoms with Crippen molar-refractivity contribution in [1.82, 2.24) is 19.1 Å². The van der Waals surface area contributed by atoms with Crippen molar-refractivity contribution >= 4 is 28.1 Å². The van der Waals surface area contributed by atoms with E-state index in [2.05, 4.69) is 9.97 Å². The minimum atomic E-state index is -0.155. The molecule has 0 amide bonds. The number of hydrogen-bond acceptors (Lipinski definition) is 3. The Bertz CT molecular complexity index is 944. The van der Waals surface area contributed by atoms with Crippen molar-refractivity contribution in [3.8, 4) is 0 Å². The lowest BCUT2D eigenvalue weighted by Crippen LogP contribution is -2.21. The minimum absolute atomic E-state index is 0.155. The van der Waals surface area contributed by atoms with Gasteiger partial charge in [-0.25, -0.2) is 23.9 Å². The van der Waals surface area contributed by atoms with Crippen LogP contribution in [-0.4, -0.2) is 25.1 Å².